The zero-order valence-corrected chi connectivity index (χ0v) is 89.5. The van der Waals surface area contributed by atoms with E-state index in [1.807, 2.05) is 0 Å². The van der Waals surface area contributed by atoms with E-state index in [-0.39, 0.29) is 0 Å². The van der Waals surface area contributed by atoms with Crippen molar-refractivity contribution >= 4 is 155 Å². The predicted molar refractivity (Wildman–Crippen MR) is 589 cm³/mol. The molecule has 0 heterocycles. The molecule has 670 valence electrons. The van der Waals surface area contributed by atoms with Crippen molar-refractivity contribution in [3.05, 3.63) is 485 Å². The van der Waals surface area contributed by atoms with Gasteiger partial charge in [0.15, 0.2) is 0 Å². The molecule has 0 unspecified atom stereocenters. The topological polar surface area (TPSA) is 30.5 Å². The van der Waals surface area contributed by atoms with Gasteiger partial charge in [0.25, 0.3) is 0 Å². The maximum Gasteiger partial charge on any atom is 0.144 e. The number of rotatable bonds is 25. The summed E-state index contributed by atoms with van der Waals surface area (Å²) in [5, 5.41) is 25.5. The monoisotopic (exact) mass is 1860 g/mol. The highest BCUT2D eigenvalue weighted by Gasteiger charge is 2.51. The number of benzene rings is 16. The Morgan fingerprint density at radius 2 is 0.318 bits per heavy atom. The van der Waals surface area contributed by atoms with Crippen molar-refractivity contribution in [2.45, 2.75) is 51.2 Å². The molecule has 3 nitrogen and oxygen atoms in total. The van der Waals surface area contributed by atoms with Gasteiger partial charge in [-0.25, -0.2) is 0 Å². The lowest BCUT2D eigenvalue weighted by atomic mass is 10.3. The second-order valence-electron chi connectivity index (χ2n) is 28.7. The molecule has 0 amide bonds. The summed E-state index contributed by atoms with van der Waals surface area (Å²) in [5.41, 5.74) is 0. The third-order valence-corrected chi connectivity index (χ3v) is 40.9. The molecule has 0 fully saturated rings. The number of nitrogens with one attached hydrogen (secondary N) is 1. The second kappa shape index (κ2) is 67.0. The zero-order chi connectivity index (χ0) is 93.0. The van der Waals surface area contributed by atoms with Crippen LogP contribution in [0.3, 0.4) is 0 Å². The molecular formula is C114H137F4NO2P4Si4+4. The van der Waals surface area contributed by atoms with E-state index in [1.54, 1.807) is 14.2 Å². The van der Waals surface area contributed by atoms with Crippen molar-refractivity contribution in [1.82, 2.24) is 5.32 Å². The van der Waals surface area contributed by atoms with Crippen LogP contribution in [-0.2, 0) is 9.47 Å². The normalized spacial score (nSPS) is 10.4. The molecule has 16 aromatic rings. The Balaban J connectivity index is 0.000000276. The number of halogens is 4. The molecule has 0 saturated heterocycles. The van der Waals surface area contributed by atoms with E-state index in [4.69, 9.17) is 4.74 Å². The minimum atomic E-state index is -1.91. The zero-order valence-electron chi connectivity index (χ0n) is 77.9. The molecule has 0 aliphatic heterocycles. The maximum absolute atomic E-state index is 9.50. The maximum atomic E-state index is 9.50. The molecule has 0 aliphatic rings. The molecule has 0 aromatic heterocycles. The largest absolute Gasteiger partial charge is 0.389 e. The van der Waals surface area contributed by atoms with Gasteiger partial charge in [0.05, 0.1) is 28.7 Å². The third-order valence-electron chi connectivity index (χ3n) is 20.7. The molecule has 0 radical (unpaired) electrons. The van der Waals surface area contributed by atoms with Gasteiger partial charge in [0.1, 0.15) is 114 Å². The minimum Gasteiger partial charge on any atom is -0.389 e. The van der Waals surface area contributed by atoms with E-state index in [0.29, 0.717) is 28.7 Å². The van der Waals surface area contributed by atoms with Gasteiger partial charge in [-0.15, -0.1) is 0 Å². The fourth-order valence-corrected chi connectivity index (χ4v) is 32.5. The first-order valence-corrected chi connectivity index (χ1v) is 57.3. The number of ether oxygens (including phenoxy) is 2. The smallest absolute Gasteiger partial charge is 0.144 e. The average molecular weight is 1870 g/mol. The lowest BCUT2D eigenvalue weighted by molar-refractivity contribution is 0.199. The second-order valence-corrected chi connectivity index (χ2v) is 45.9. The van der Waals surface area contributed by atoms with Crippen LogP contribution < -0.4 is 90.2 Å². The van der Waals surface area contributed by atoms with E-state index in [0.717, 1.165) is 19.4 Å². The van der Waals surface area contributed by atoms with Crippen LogP contribution in [0.4, 0.5) is 17.6 Å². The first-order chi connectivity index (χ1) is 63.8. The molecule has 16 rings (SSSR count). The number of hydrogen-bond acceptors (Lipinski definition) is 3. The third kappa shape index (κ3) is 31.8. The van der Waals surface area contributed by atoms with E-state index >= 15 is 0 Å². The Morgan fingerprint density at radius 1 is 0.202 bits per heavy atom. The summed E-state index contributed by atoms with van der Waals surface area (Å²) in [6, 6.07) is 180. The van der Waals surface area contributed by atoms with Crippen molar-refractivity contribution in [2.75, 3.05) is 68.9 Å². The molecule has 0 spiro atoms. The van der Waals surface area contributed by atoms with Crippen molar-refractivity contribution in [1.29, 1.82) is 0 Å². The van der Waals surface area contributed by atoms with Crippen LogP contribution in [0.25, 0.3) is 0 Å². The lowest BCUT2D eigenvalue weighted by Gasteiger charge is -2.27. The Labute approximate surface area is 786 Å². The summed E-state index contributed by atoms with van der Waals surface area (Å²) >= 11 is 0. The van der Waals surface area contributed by atoms with Crippen LogP contribution in [0.15, 0.2) is 485 Å². The molecule has 0 bridgehead atoms. The number of methoxy groups -OCH3 is 2. The fraction of sp³-hybridized carbons (Fsp3) is 0.158. The Morgan fingerprint density at radius 3 is 0.388 bits per heavy atom. The summed E-state index contributed by atoms with van der Waals surface area (Å²) in [6.07, 6.45) is 4.97. The van der Waals surface area contributed by atoms with Crippen molar-refractivity contribution in [2.24, 2.45) is 0 Å². The van der Waals surface area contributed by atoms with E-state index in [9.17, 15) is 17.6 Å². The predicted octanol–water partition coefficient (Wildman–Crippen LogP) is 18.3. The van der Waals surface area contributed by atoms with Crippen LogP contribution in [0.2, 0.25) is 18.1 Å². The highest BCUT2D eigenvalue weighted by molar-refractivity contribution is 8.03. The van der Waals surface area contributed by atoms with E-state index < -0.39 is 29.0 Å². The standard InChI is InChI=1S/4C24H20P.C5H15NSi.C4H12OSi.C3H10Si.C2H8OSi.4CH3F/c4*1-5-13-21(14-6-1)25(22-15-7-2-8-16-22,23-17-9-3-10-18-23)24-19-11-4-12-20-24;1-2-6-4-3-5-7;1-5-3-2-4-6;1-2-3-4;1-3-2-4;4*1-2/h4*1-20H;6H,2-5H2,1,7H3;2-4H2,1,6H3;2-3H2,1,4H3;2H2,1,4H3;4*1H3/q4*+1;;;;;;;;. The minimum absolute atomic E-state index is 0.500. The summed E-state index contributed by atoms with van der Waals surface area (Å²) in [4.78, 5) is 0. The average Bonchev–Trinajstić information content (AvgIpc) is 0.757. The highest BCUT2D eigenvalue weighted by atomic mass is 31.2. The van der Waals surface area contributed by atoms with Gasteiger partial charge in [0, 0.05) is 68.0 Å². The molecule has 129 heavy (non-hydrogen) atoms. The molecule has 0 saturated carbocycles. The molecule has 0 aliphatic carbocycles. The Bertz CT molecular complexity index is 3970. The summed E-state index contributed by atoms with van der Waals surface area (Å²) in [7, 11) is 3.09. The summed E-state index contributed by atoms with van der Waals surface area (Å²) in [6.45, 7) is 7.66. The van der Waals surface area contributed by atoms with E-state index in [2.05, 4.69) is 509 Å². The van der Waals surface area contributed by atoms with Crippen molar-refractivity contribution < 1.29 is 27.0 Å². The van der Waals surface area contributed by atoms with Gasteiger partial charge < -0.3 is 14.8 Å². The van der Waals surface area contributed by atoms with Gasteiger partial charge in [-0.2, -0.15) is 0 Å². The first-order valence-electron chi connectivity index (χ1n) is 44.5. The van der Waals surface area contributed by atoms with Crippen LogP contribution in [0, 0.1) is 0 Å². The van der Waals surface area contributed by atoms with Gasteiger partial charge in [-0.05, 0) is 220 Å². The SMILES string of the molecule is CCC[SiH3].CCNCCC[SiH3].CF.CF.CF.CF.COCCC[SiH3].COC[SiH3].c1ccc([P+](c2ccccc2)(c2ccccc2)c2ccccc2)cc1.c1ccc([P+](c2ccccc2)(c2ccccc2)c2ccccc2)cc1.c1ccc([P+](c2ccccc2)(c2ccccc2)c2ccccc2)cc1.c1ccc([P+](c2ccccc2)(c2ccccc2)c2ccccc2)cc1. The quantitative estimate of drug-likeness (QED) is 0.0268. The van der Waals surface area contributed by atoms with Crippen LogP contribution >= 0.6 is 29.0 Å². The van der Waals surface area contributed by atoms with Gasteiger partial charge in [-0.1, -0.05) is 330 Å². The van der Waals surface area contributed by atoms with Gasteiger partial charge in [0.2, 0.25) is 0 Å². The lowest BCUT2D eigenvalue weighted by Crippen LogP contribution is -2.38. The summed E-state index contributed by atoms with van der Waals surface area (Å²) < 4.78 is 47.4. The first kappa shape index (κ1) is 109. The van der Waals surface area contributed by atoms with Crippen molar-refractivity contribution in [3.63, 3.8) is 0 Å². The van der Waals surface area contributed by atoms with Gasteiger partial charge in [-0.3, -0.25) is 17.6 Å². The molecule has 15 heteroatoms. The molecule has 0 atom stereocenters. The molecule has 16 aromatic carbocycles. The highest BCUT2D eigenvalue weighted by Crippen LogP contribution is 2.57. The number of hydrogen-bond donors (Lipinski definition) is 1. The Kier molecular flexibility index (Phi) is 56.7. The fourth-order valence-electron chi connectivity index (χ4n) is 14.8. The van der Waals surface area contributed by atoms with Crippen LogP contribution in [0.5, 0.6) is 0 Å². The number of alkyl halides is 4. The van der Waals surface area contributed by atoms with Gasteiger partial charge >= 0.3 is 0 Å². The Hall–Kier alpha value is -10.3. The summed E-state index contributed by atoms with van der Waals surface area (Å²) in [5.74, 6) is 0. The van der Waals surface area contributed by atoms with Crippen LogP contribution in [-0.4, -0.2) is 110 Å². The van der Waals surface area contributed by atoms with Crippen LogP contribution in [0.1, 0.15) is 33.1 Å². The molecule has 1 N–H and O–H groups in total. The van der Waals surface area contributed by atoms with Crippen molar-refractivity contribution in [3.8, 4) is 0 Å². The van der Waals surface area contributed by atoms with E-state index in [1.165, 1.54) is 170 Å². The molecular weight excluding hydrogens is 1730 g/mol.